The molecule has 0 aliphatic heterocycles. The van der Waals surface area contributed by atoms with Crippen LogP contribution in [-0.4, -0.2) is 0 Å². The fourth-order valence-electron chi connectivity index (χ4n) is 6.02. The molecule has 0 N–H and O–H groups in total. The number of hydrogen-bond donors (Lipinski definition) is 0. The fraction of sp³-hybridized carbons (Fsp3) is 0.314. The monoisotopic (exact) mass is 458 g/mol. The predicted octanol–water partition coefficient (Wildman–Crippen LogP) is 9.35. The van der Waals surface area contributed by atoms with Gasteiger partial charge in [-0.1, -0.05) is 123 Å². The fourth-order valence-corrected chi connectivity index (χ4v) is 6.02. The molecule has 0 fully saturated rings. The quantitative estimate of drug-likeness (QED) is 0.217. The zero-order valence-electron chi connectivity index (χ0n) is 21.8. The van der Waals surface area contributed by atoms with Crippen molar-refractivity contribution in [3.05, 3.63) is 129 Å². The van der Waals surface area contributed by atoms with E-state index in [1.807, 2.05) is 0 Å². The maximum Gasteiger partial charge on any atom is 0.0713 e. The van der Waals surface area contributed by atoms with E-state index in [9.17, 15) is 0 Å². The molecule has 0 aromatic heterocycles. The maximum atomic E-state index is 2.50. The molecule has 0 heteroatoms. The van der Waals surface area contributed by atoms with Crippen molar-refractivity contribution >= 4 is 0 Å². The van der Waals surface area contributed by atoms with Gasteiger partial charge in [-0.2, -0.15) is 0 Å². The first-order valence-corrected chi connectivity index (χ1v) is 13.5. The van der Waals surface area contributed by atoms with Gasteiger partial charge in [0.15, 0.2) is 0 Å². The molecule has 0 bridgehead atoms. The molecule has 0 saturated carbocycles. The summed E-state index contributed by atoms with van der Waals surface area (Å²) in [5.41, 5.74) is 13.6. The third-order valence-corrected chi connectivity index (χ3v) is 7.81. The van der Waals surface area contributed by atoms with Crippen molar-refractivity contribution in [1.29, 1.82) is 0 Å². The number of rotatable bonds is 8. The molecular weight excluding hydrogens is 420 g/mol. The Hall–Kier alpha value is -3.12. The van der Waals surface area contributed by atoms with Gasteiger partial charge >= 0.3 is 0 Å². The standard InChI is InChI=1S/C35H38/c1-5-7-11-27-13-9-15-29(23-27)35(30-16-10-14-28(24-30)12-8-6-2)33-21-25(3)17-19-31(33)32-20-18-26(4)22-34(32)35/h9-10,13-24H,5-8,11-12H2,1-4H3. The number of benzene rings is 4. The Labute approximate surface area is 212 Å². The highest BCUT2D eigenvalue weighted by Crippen LogP contribution is 2.56. The Morgan fingerprint density at radius 3 is 1.43 bits per heavy atom. The lowest BCUT2D eigenvalue weighted by Crippen LogP contribution is -2.29. The molecule has 0 saturated heterocycles. The predicted molar refractivity (Wildman–Crippen MR) is 150 cm³/mol. The van der Waals surface area contributed by atoms with E-state index in [0.717, 1.165) is 12.8 Å². The van der Waals surface area contributed by atoms with Crippen LogP contribution >= 0.6 is 0 Å². The second kappa shape index (κ2) is 9.86. The van der Waals surface area contributed by atoms with Gasteiger partial charge in [-0.25, -0.2) is 0 Å². The van der Waals surface area contributed by atoms with Crippen LogP contribution in [0.25, 0.3) is 11.1 Å². The van der Waals surface area contributed by atoms with Crippen molar-refractivity contribution < 1.29 is 0 Å². The molecule has 0 unspecified atom stereocenters. The van der Waals surface area contributed by atoms with E-state index in [2.05, 4.69) is 113 Å². The highest BCUT2D eigenvalue weighted by atomic mass is 14.5. The van der Waals surface area contributed by atoms with Crippen LogP contribution in [0.3, 0.4) is 0 Å². The van der Waals surface area contributed by atoms with Crippen molar-refractivity contribution in [3.63, 3.8) is 0 Å². The summed E-state index contributed by atoms with van der Waals surface area (Å²) < 4.78 is 0. The number of aryl methyl sites for hydroxylation is 4. The SMILES string of the molecule is CCCCc1cccc(C2(c3cccc(CCCC)c3)c3cc(C)ccc3-c3ccc(C)cc32)c1. The van der Waals surface area contributed by atoms with E-state index in [-0.39, 0.29) is 5.41 Å². The molecule has 1 aliphatic rings. The average molecular weight is 459 g/mol. The van der Waals surface area contributed by atoms with Crippen LogP contribution in [0.4, 0.5) is 0 Å². The van der Waals surface area contributed by atoms with Gasteiger partial charge in [0, 0.05) is 0 Å². The van der Waals surface area contributed by atoms with Gasteiger partial charge in [0.2, 0.25) is 0 Å². The topological polar surface area (TPSA) is 0 Å². The third kappa shape index (κ3) is 4.14. The van der Waals surface area contributed by atoms with Gasteiger partial charge in [-0.15, -0.1) is 0 Å². The van der Waals surface area contributed by atoms with E-state index in [4.69, 9.17) is 0 Å². The Bertz CT molecular complexity index is 1240. The summed E-state index contributed by atoms with van der Waals surface area (Å²) in [6.45, 7) is 9.02. The Morgan fingerprint density at radius 1 is 0.543 bits per heavy atom. The van der Waals surface area contributed by atoms with Crippen molar-refractivity contribution in [1.82, 2.24) is 0 Å². The second-order valence-electron chi connectivity index (χ2n) is 10.5. The van der Waals surface area contributed by atoms with E-state index in [0.29, 0.717) is 0 Å². The smallest absolute Gasteiger partial charge is 0.0654 e. The molecule has 0 amide bonds. The highest BCUT2D eigenvalue weighted by molar-refractivity contribution is 5.86. The molecule has 0 atom stereocenters. The molecule has 0 nitrogen and oxygen atoms in total. The van der Waals surface area contributed by atoms with E-state index >= 15 is 0 Å². The Balaban J connectivity index is 1.85. The zero-order chi connectivity index (χ0) is 24.4. The minimum Gasteiger partial charge on any atom is -0.0654 e. The number of unbranched alkanes of at least 4 members (excludes halogenated alkanes) is 2. The van der Waals surface area contributed by atoms with Crippen LogP contribution in [0.5, 0.6) is 0 Å². The third-order valence-electron chi connectivity index (χ3n) is 7.81. The molecule has 35 heavy (non-hydrogen) atoms. The lowest BCUT2D eigenvalue weighted by atomic mass is 9.66. The van der Waals surface area contributed by atoms with Crippen LogP contribution < -0.4 is 0 Å². The van der Waals surface area contributed by atoms with E-state index in [1.165, 1.54) is 81.3 Å². The van der Waals surface area contributed by atoms with Gasteiger partial charge in [-0.3, -0.25) is 0 Å². The van der Waals surface area contributed by atoms with Gasteiger partial charge in [0.25, 0.3) is 0 Å². The second-order valence-corrected chi connectivity index (χ2v) is 10.5. The normalized spacial score (nSPS) is 13.5. The molecule has 4 aromatic rings. The zero-order valence-corrected chi connectivity index (χ0v) is 21.8. The van der Waals surface area contributed by atoms with Gasteiger partial charge in [0.05, 0.1) is 5.41 Å². The van der Waals surface area contributed by atoms with Crippen LogP contribution in [0.1, 0.15) is 84.0 Å². The lowest BCUT2D eigenvalue weighted by Gasteiger charge is -2.35. The average Bonchev–Trinajstić information content (AvgIpc) is 3.16. The number of hydrogen-bond acceptors (Lipinski definition) is 0. The van der Waals surface area contributed by atoms with Gasteiger partial charge < -0.3 is 0 Å². The van der Waals surface area contributed by atoms with E-state index < -0.39 is 0 Å². The maximum absolute atomic E-state index is 2.50. The Kier molecular flexibility index (Phi) is 6.65. The summed E-state index contributed by atoms with van der Waals surface area (Å²) in [5, 5.41) is 0. The first kappa shape index (κ1) is 23.6. The van der Waals surface area contributed by atoms with Crippen LogP contribution in [0, 0.1) is 13.8 Å². The molecule has 4 aromatic carbocycles. The summed E-state index contributed by atoms with van der Waals surface area (Å²) in [6, 6.07) is 33.1. The molecular formula is C35H38. The lowest BCUT2D eigenvalue weighted by molar-refractivity contribution is 0.748. The summed E-state index contributed by atoms with van der Waals surface area (Å²) >= 11 is 0. The first-order valence-electron chi connectivity index (χ1n) is 13.5. The summed E-state index contributed by atoms with van der Waals surface area (Å²) in [6.07, 6.45) is 7.18. The minimum atomic E-state index is -0.298. The van der Waals surface area contributed by atoms with Gasteiger partial charge in [-0.05, 0) is 84.0 Å². The first-order chi connectivity index (χ1) is 17.1. The summed E-state index contributed by atoms with van der Waals surface area (Å²) in [5.74, 6) is 0. The molecule has 5 rings (SSSR count). The minimum absolute atomic E-state index is 0.298. The molecule has 0 spiro atoms. The van der Waals surface area contributed by atoms with Crippen molar-refractivity contribution in [2.45, 2.75) is 71.6 Å². The van der Waals surface area contributed by atoms with Crippen molar-refractivity contribution in [2.75, 3.05) is 0 Å². The van der Waals surface area contributed by atoms with Crippen LogP contribution in [0.15, 0.2) is 84.9 Å². The summed E-state index contributed by atoms with van der Waals surface area (Å²) in [4.78, 5) is 0. The van der Waals surface area contributed by atoms with Crippen LogP contribution in [-0.2, 0) is 18.3 Å². The molecule has 178 valence electrons. The largest absolute Gasteiger partial charge is 0.0713 e. The molecule has 0 radical (unpaired) electrons. The summed E-state index contributed by atoms with van der Waals surface area (Å²) in [7, 11) is 0. The van der Waals surface area contributed by atoms with Crippen molar-refractivity contribution in [2.24, 2.45) is 0 Å². The van der Waals surface area contributed by atoms with Gasteiger partial charge in [0.1, 0.15) is 0 Å². The highest BCUT2D eigenvalue weighted by Gasteiger charge is 2.46. The Morgan fingerprint density at radius 2 is 1.00 bits per heavy atom. The molecule has 0 heterocycles. The number of fused-ring (bicyclic) bond motifs is 3. The van der Waals surface area contributed by atoms with Crippen molar-refractivity contribution in [3.8, 4) is 11.1 Å². The van der Waals surface area contributed by atoms with Crippen LogP contribution in [0.2, 0.25) is 0 Å². The van der Waals surface area contributed by atoms with E-state index in [1.54, 1.807) is 0 Å². The molecule has 1 aliphatic carbocycles.